The second-order valence-electron chi connectivity index (χ2n) is 6.48. The molecule has 7 heteroatoms. The molecule has 2 heterocycles. The zero-order valence-electron chi connectivity index (χ0n) is 15.3. The summed E-state index contributed by atoms with van der Waals surface area (Å²) in [6.45, 7) is 8.80. The Labute approximate surface area is 154 Å². The van der Waals surface area contributed by atoms with Crippen LogP contribution in [-0.2, 0) is 11.3 Å². The molecule has 1 aliphatic heterocycles. The number of nitrogens with one attached hydrogen (secondary N) is 2. The minimum Gasteiger partial charge on any atom is -0.355 e. The Morgan fingerprint density at radius 1 is 1.36 bits per heavy atom. The molecule has 0 bridgehead atoms. The van der Waals surface area contributed by atoms with E-state index in [0.29, 0.717) is 25.6 Å². The lowest BCUT2D eigenvalue weighted by atomic mass is 9.98. The number of nitrogens with zero attached hydrogens (tertiary/aromatic N) is 2. The fourth-order valence-electron chi connectivity index (χ4n) is 3.18. The largest absolute Gasteiger partial charge is 0.355 e. The predicted molar refractivity (Wildman–Crippen MR) is 102 cm³/mol. The molecule has 0 unspecified atom stereocenters. The summed E-state index contributed by atoms with van der Waals surface area (Å²) in [4.78, 5) is 29.4. The topological polar surface area (TPSA) is 64.7 Å². The van der Waals surface area contributed by atoms with Crippen molar-refractivity contribution in [1.82, 2.24) is 20.4 Å². The Bertz CT molecular complexity index is 535. The first-order chi connectivity index (χ1) is 12.1. The van der Waals surface area contributed by atoms with Gasteiger partial charge in [0, 0.05) is 37.6 Å². The molecular formula is C18H30N4O2S. The molecule has 0 aromatic carbocycles. The Kier molecular flexibility index (Phi) is 8.21. The quantitative estimate of drug-likeness (QED) is 0.741. The Morgan fingerprint density at radius 3 is 2.88 bits per heavy atom. The van der Waals surface area contributed by atoms with Crippen LogP contribution >= 0.6 is 11.3 Å². The van der Waals surface area contributed by atoms with Crippen LogP contribution in [0.15, 0.2) is 17.5 Å². The third-order valence-electron chi connectivity index (χ3n) is 4.48. The fraction of sp³-hybridized carbons (Fsp3) is 0.667. The van der Waals surface area contributed by atoms with Crippen LogP contribution in [-0.4, -0.2) is 61.0 Å². The minimum atomic E-state index is -0.149. The Morgan fingerprint density at radius 2 is 2.20 bits per heavy atom. The number of carbonyl (C=O) groups excluding carboxylic acids is 2. The van der Waals surface area contributed by atoms with Gasteiger partial charge in [0.25, 0.3) is 0 Å². The molecule has 1 saturated heterocycles. The summed E-state index contributed by atoms with van der Waals surface area (Å²) in [7, 11) is 0. The first kappa shape index (κ1) is 19.7. The summed E-state index contributed by atoms with van der Waals surface area (Å²) < 4.78 is 0. The highest BCUT2D eigenvalue weighted by atomic mass is 32.1. The van der Waals surface area contributed by atoms with Gasteiger partial charge in [-0.15, -0.1) is 11.3 Å². The zero-order chi connectivity index (χ0) is 18.1. The second-order valence-corrected chi connectivity index (χ2v) is 7.51. The molecule has 0 saturated carbocycles. The van der Waals surface area contributed by atoms with Crippen LogP contribution in [0, 0.1) is 5.92 Å². The first-order valence-electron chi connectivity index (χ1n) is 9.16. The van der Waals surface area contributed by atoms with Crippen molar-refractivity contribution in [2.45, 2.75) is 33.2 Å². The van der Waals surface area contributed by atoms with Gasteiger partial charge in [0.1, 0.15) is 6.54 Å². The summed E-state index contributed by atoms with van der Waals surface area (Å²) >= 11 is 1.80. The number of hydrogen-bond donors (Lipinski definition) is 2. The molecule has 1 aliphatic rings. The molecule has 1 fully saturated rings. The van der Waals surface area contributed by atoms with E-state index >= 15 is 0 Å². The minimum absolute atomic E-state index is 0.112. The maximum atomic E-state index is 12.3. The molecule has 140 valence electrons. The van der Waals surface area contributed by atoms with Gasteiger partial charge in [0.2, 0.25) is 5.91 Å². The van der Waals surface area contributed by atoms with Gasteiger partial charge in [0.05, 0.1) is 0 Å². The van der Waals surface area contributed by atoms with Crippen LogP contribution in [0.1, 0.15) is 31.6 Å². The summed E-state index contributed by atoms with van der Waals surface area (Å²) in [6, 6.07) is 4.12. The van der Waals surface area contributed by atoms with Gasteiger partial charge < -0.3 is 15.5 Å². The molecule has 25 heavy (non-hydrogen) atoms. The van der Waals surface area contributed by atoms with Crippen LogP contribution in [0.3, 0.4) is 0 Å². The monoisotopic (exact) mass is 366 g/mol. The van der Waals surface area contributed by atoms with Crippen molar-refractivity contribution in [3.63, 3.8) is 0 Å². The first-order valence-corrected chi connectivity index (χ1v) is 10.0. The highest BCUT2D eigenvalue weighted by Crippen LogP contribution is 2.20. The fourth-order valence-corrected chi connectivity index (χ4v) is 3.93. The van der Waals surface area contributed by atoms with Crippen LogP contribution in [0.25, 0.3) is 0 Å². The maximum Gasteiger partial charge on any atom is 0.317 e. The lowest BCUT2D eigenvalue weighted by Crippen LogP contribution is -2.48. The molecule has 2 rings (SSSR count). The van der Waals surface area contributed by atoms with Crippen LogP contribution in [0.2, 0.25) is 0 Å². The molecule has 1 aromatic heterocycles. The summed E-state index contributed by atoms with van der Waals surface area (Å²) in [6.07, 6.45) is 2.31. The molecule has 0 radical (unpaired) electrons. The van der Waals surface area contributed by atoms with E-state index in [1.807, 2.05) is 13.8 Å². The van der Waals surface area contributed by atoms with Crippen molar-refractivity contribution in [3.8, 4) is 0 Å². The number of rotatable bonds is 8. The number of likely N-dealkylation sites (tertiary alicyclic amines) is 1. The molecule has 1 aromatic rings. The molecule has 1 atom stereocenters. The lowest BCUT2D eigenvalue weighted by molar-refractivity contribution is -0.121. The van der Waals surface area contributed by atoms with E-state index < -0.39 is 0 Å². The Hall–Kier alpha value is -1.60. The average Bonchev–Trinajstić information content (AvgIpc) is 3.11. The number of thiophene rings is 1. The number of urea groups is 1. The van der Waals surface area contributed by atoms with Gasteiger partial charge >= 0.3 is 6.03 Å². The van der Waals surface area contributed by atoms with E-state index in [0.717, 1.165) is 26.1 Å². The van der Waals surface area contributed by atoms with Crippen LogP contribution in [0.4, 0.5) is 4.79 Å². The van der Waals surface area contributed by atoms with E-state index in [-0.39, 0.29) is 18.5 Å². The SMILES string of the molecule is CCNC(=O)CN(CC)C(=O)NC[C@H]1CCCN(Cc2cccs2)C1. The third kappa shape index (κ3) is 6.66. The van der Waals surface area contributed by atoms with E-state index in [1.54, 1.807) is 16.2 Å². The van der Waals surface area contributed by atoms with Crippen molar-refractivity contribution in [3.05, 3.63) is 22.4 Å². The van der Waals surface area contributed by atoms with Gasteiger partial charge in [0.15, 0.2) is 0 Å². The summed E-state index contributed by atoms with van der Waals surface area (Å²) in [5.41, 5.74) is 0. The molecule has 6 nitrogen and oxygen atoms in total. The standard InChI is InChI=1S/C18H30N4O2S/c1-3-19-17(23)14-22(4-2)18(24)20-11-15-7-5-9-21(12-15)13-16-8-6-10-25-16/h6,8,10,15H,3-5,7,9,11-14H2,1-2H3,(H,19,23)(H,20,24)/t15-/m1/s1. The molecule has 0 spiro atoms. The molecule has 0 aliphatic carbocycles. The van der Waals surface area contributed by atoms with E-state index in [9.17, 15) is 9.59 Å². The highest BCUT2D eigenvalue weighted by molar-refractivity contribution is 7.09. The Balaban J connectivity index is 1.75. The van der Waals surface area contributed by atoms with Crippen molar-refractivity contribution >= 4 is 23.3 Å². The zero-order valence-corrected chi connectivity index (χ0v) is 16.1. The number of likely N-dealkylation sites (N-methyl/N-ethyl adjacent to an activating group) is 2. The van der Waals surface area contributed by atoms with E-state index in [2.05, 4.69) is 33.0 Å². The number of piperidine rings is 1. The molecule has 2 N–H and O–H groups in total. The number of hydrogen-bond acceptors (Lipinski definition) is 4. The van der Waals surface area contributed by atoms with Gasteiger partial charge in [-0.05, 0) is 50.6 Å². The van der Waals surface area contributed by atoms with Crippen molar-refractivity contribution < 1.29 is 9.59 Å². The molecular weight excluding hydrogens is 336 g/mol. The van der Waals surface area contributed by atoms with Gasteiger partial charge in [-0.3, -0.25) is 9.69 Å². The van der Waals surface area contributed by atoms with E-state index in [4.69, 9.17) is 0 Å². The average molecular weight is 367 g/mol. The summed E-state index contributed by atoms with van der Waals surface area (Å²) in [5.74, 6) is 0.361. The van der Waals surface area contributed by atoms with Crippen molar-refractivity contribution in [2.75, 3.05) is 39.3 Å². The van der Waals surface area contributed by atoms with Gasteiger partial charge in [-0.1, -0.05) is 6.07 Å². The van der Waals surface area contributed by atoms with E-state index in [1.165, 1.54) is 11.3 Å². The van der Waals surface area contributed by atoms with Gasteiger partial charge in [-0.2, -0.15) is 0 Å². The second kappa shape index (κ2) is 10.4. The smallest absolute Gasteiger partial charge is 0.317 e. The highest BCUT2D eigenvalue weighted by Gasteiger charge is 2.22. The normalized spacial score (nSPS) is 17.9. The lowest BCUT2D eigenvalue weighted by Gasteiger charge is -2.33. The predicted octanol–water partition coefficient (Wildman–Crippen LogP) is 2.13. The van der Waals surface area contributed by atoms with Crippen LogP contribution in [0.5, 0.6) is 0 Å². The summed E-state index contributed by atoms with van der Waals surface area (Å²) in [5, 5.41) is 7.86. The maximum absolute atomic E-state index is 12.3. The molecule has 3 amide bonds. The van der Waals surface area contributed by atoms with Gasteiger partial charge in [-0.25, -0.2) is 4.79 Å². The number of carbonyl (C=O) groups is 2. The van der Waals surface area contributed by atoms with Crippen LogP contribution < -0.4 is 10.6 Å². The van der Waals surface area contributed by atoms with Crippen molar-refractivity contribution in [1.29, 1.82) is 0 Å². The third-order valence-corrected chi connectivity index (χ3v) is 5.34. The number of amides is 3. The van der Waals surface area contributed by atoms with Crippen molar-refractivity contribution in [2.24, 2.45) is 5.92 Å².